The summed E-state index contributed by atoms with van der Waals surface area (Å²) in [5.74, 6) is 1.74. The zero-order chi connectivity index (χ0) is 13.5. The minimum Gasteiger partial charge on any atom is -0.496 e. The summed E-state index contributed by atoms with van der Waals surface area (Å²) in [7, 11) is 1.73. The van der Waals surface area contributed by atoms with Crippen molar-refractivity contribution in [1.82, 2.24) is 5.32 Å². The highest BCUT2D eigenvalue weighted by molar-refractivity contribution is 5.33. The van der Waals surface area contributed by atoms with Crippen LogP contribution in [-0.4, -0.2) is 32.9 Å². The van der Waals surface area contributed by atoms with Gasteiger partial charge in [-0.15, -0.1) is 0 Å². The van der Waals surface area contributed by atoms with Crippen molar-refractivity contribution in [3.8, 4) is 5.75 Å². The SMILES string of the molecule is COc1ccccc1CC(C)NCCC1CCOC1. The molecule has 106 valence electrons. The van der Waals surface area contributed by atoms with E-state index in [-0.39, 0.29) is 0 Å². The molecular formula is C16H25NO2. The second-order valence-electron chi connectivity index (χ2n) is 5.39. The van der Waals surface area contributed by atoms with E-state index in [1.165, 1.54) is 18.4 Å². The molecule has 2 atom stereocenters. The third-order valence-electron chi connectivity index (χ3n) is 3.79. The van der Waals surface area contributed by atoms with E-state index in [1.54, 1.807) is 7.11 Å². The molecule has 1 aliphatic rings. The molecular weight excluding hydrogens is 238 g/mol. The van der Waals surface area contributed by atoms with Crippen LogP contribution in [0.25, 0.3) is 0 Å². The Labute approximate surface area is 116 Å². The van der Waals surface area contributed by atoms with Gasteiger partial charge < -0.3 is 14.8 Å². The second kappa shape index (κ2) is 7.51. The van der Waals surface area contributed by atoms with Crippen molar-refractivity contribution in [1.29, 1.82) is 0 Å². The summed E-state index contributed by atoms with van der Waals surface area (Å²) in [6, 6.07) is 8.72. The molecule has 3 nitrogen and oxygen atoms in total. The monoisotopic (exact) mass is 263 g/mol. The lowest BCUT2D eigenvalue weighted by Crippen LogP contribution is -2.30. The van der Waals surface area contributed by atoms with Crippen molar-refractivity contribution in [2.45, 2.75) is 32.2 Å². The van der Waals surface area contributed by atoms with Gasteiger partial charge in [0, 0.05) is 19.3 Å². The van der Waals surface area contributed by atoms with Crippen LogP contribution in [0.5, 0.6) is 5.75 Å². The molecule has 2 rings (SSSR count). The Bertz CT molecular complexity index is 375. The van der Waals surface area contributed by atoms with Gasteiger partial charge >= 0.3 is 0 Å². The minimum atomic E-state index is 0.471. The lowest BCUT2D eigenvalue weighted by Gasteiger charge is -2.17. The van der Waals surface area contributed by atoms with Gasteiger partial charge in [-0.25, -0.2) is 0 Å². The Morgan fingerprint density at radius 3 is 3.00 bits per heavy atom. The lowest BCUT2D eigenvalue weighted by atomic mass is 10.0. The van der Waals surface area contributed by atoms with Gasteiger partial charge in [0.15, 0.2) is 0 Å². The topological polar surface area (TPSA) is 30.5 Å². The quantitative estimate of drug-likeness (QED) is 0.820. The maximum atomic E-state index is 5.40. The molecule has 1 N–H and O–H groups in total. The van der Waals surface area contributed by atoms with E-state index in [9.17, 15) is 0 Å². The zero-order valence-electron chi connectivity index (χ0n) is 12.0. The van der Waals surface area contributed by atoms with Crippen LogP contribution in [-0.2, 0) is 11.2 Å². The zero-order valence-corrected chi connectivity index (χ0v) is 12.0. The van der Waals surface area contributed by atoms with Gasteiger partial charge in [0.2, 0.25) is 0 Å². The number of para-hydroxylation sites is 1. The fourth-order valence-electron chi connectivity index (χ4n) is 2.62. The molecule has 19 heavy (non-hydrogen) atoms. The van der Waals surface area contributed by atoms with Gasteiger partial charge in [-0.2, -0.15) is 0 Å². The second-order valence-corrected chi connectivity index (χ2v) is 5.39. The summed E-state index contributed by atoms with van der Waals surface area (Å²) in [4.78, 5) is 0. The van der Waals surface area contributed by atoms with E-state index in [1.807, 2.05) is 12.1 Å². The summed E-state index contributed by atoms with van der Waals surface area (Å²) in [6.07, 6.45) is 3.45. The first kappa shape index (κ1) is 14.4. The third-order valence-corrected chi connectivity index (χ3v) is 3.79. The smallest absolute Gasteiger partial charge is 0.122 e. The van der Waals surface area contributed by atoms with Crippen LogP contribution in [0.4, 0.5) is 0 Å². The maximum absolute atomic E-state index is 5.40. The van der Waals surface area contributed by atoms with Crippen LogP contribution in [0.15, 0.2) is 24.3 Å². The molecule has 1 fully saturated rings. The molecule has 0 aromatic heterocycles. The van der Waals surface area contributed by atoms with Gasteiger partial charge in [0.05, 0.1) is 7.11 Å². The largest absolute Gasteiger partial charge is 0.496 e. The van der Waals surface area contributed by atoms with Crippen molar-refractivity contribution in [2.75, 3.05) is 26.9 Å². The molecule has 3 heteroatoms. The van der Waals surface area contributed by atoms with Gasteiger partial charge in [0.25, 0.3) is 0 Å². The third kappa shape index (κ3) is 4.51. The molecule has 0 amide bonds. The molecule has 1 heterocycles. The molecule has 1 aromatic rings. The molecule has 1 aliphatic heterocycles. The predicted octanol–water partition coefficient (Wildman–Crippen LogP) is 2.64. The number of rotatable bonds is 7. The van der Waals surface area contributed by atoms with E-state index in [4.69, 9.17) is 9.47 Å². The molecule has 1 saturated heterocycles. The first-order valence-electron chi connectivity index (χ1n) is 7.22. The summed E-state index contributed by atoms with van der Waals surface area (Å²) < 4.78 is 10.8. The summed E-state index contributed by atoms with van der Waals surface area (Å²) in [6.45, 7) is 5.20. The Morgan fingerprint density at radius 1 is 1.42 bits per heavy atom. The normalized spacial score (nSPS) is 20.4. The van der Waals surface area contributed by atoms with E-state index in [0.29, 0.717) is 6.04 Å². The number of methoxy groups -OCH3 is 1. The van der Waals surface area contributed by atoms with Gasteiger partial charge in [-0.1, -0.05) is 18.2 Å². The number of hydrogen-bond donors (Lipinski definition) is 1. The average Bonchev–Trinajstić information content (AvgIpc) is 2.92. The fraction of sp³-hybridized carbons (Fsp3) is 0.625. The Hall–Kier alpha value is -1.06. The molecule has 0 aliphatic carbocycles. The predicted molar refractivity (Wildman–Crippen MR) is 77.7 cm³/mol. The van der Waals surface area contributed by atoms with Crippen LogP contribution in [0.1, 0.15) is 25.3 Å². The minimum absolute atomic E-state index is 0.471. The maximum Gasteiger partial charge on any atom is 0.122 e. The highest BCUT2D eigenvalue weighted by Gasteiger charge is 2.15. The molecule has 0 spiro atoms. The Balaban J connectivity index is 1.72. The number of benzene rings is 1. The highest BCUT2D eigenvalue weighted by Crippen LogP contribution is 2.19. The fourth-order valence-corrected chi connectivity index (χ4v) is 2.62. The van der Waals surface area contributed by atoms with Crippen LogP contribution >= 0.6 is 0 Å². The number of nitrogens with one attached hydrogen (secondary N) is 1. The summed E-state index contributed by atoms with van der Waals surface area (Å²) in [5.41, 5.74) is 1.27. The lowest BCUT2D eigenvalue weighted by molar-refractivity contribution is 0.184. The van der Waals surface area contributed by atoms with Crippen molar-refractivity contribution in [3.63, 3.8) is 0 Å². The van der Waals surface area contributed by atoms with Crippen LogP contribution < -0.4 is 10.1 Å². The first-order chi connectivity index (χ1) is 9.29. The van der Waals surface area contributed by atoms with Crippen LogP contribution in [0.2, 0.25) is 0 Å². The van der Waals surface area contributed by atoms with Crippen molar-refractivity contribution in [3.05, 3.63) is 29.8 Å². The van der Waals surface area contributed by atoms with E-state index in [0.717, 1.165) is 37.8 Å². The number of hydrogen-bond acceptors (Lipinski definition) is 3. The molecule has 0 bridgehead atoms. The molecule has 2 unspecified atom stereocenters. The highest BCUT2D eigenvalue weighted by atomic mass is 16.5. The summed E-state index contributed by atoms with van der Waals surface area (Å²) in [5, 5.41) is 3.60. The first-order valence-corrected chi connectivity index (χ1v) is 7.22. The molecule has 0 radical (unpaired) electrons. The Kier molecular flexibility index (Phi) is 5.67. The standard InChI is InChI=1S/C16H25NO2/c1-13(17-9-7-14-8-10-19-12-14)11-15-5-3-4-6-16(15)18-2/h3-6,13-14,17H,7-12H2,1-2H3. The summed E-state index contributed by atoms with van der Waals surface area (Å²) >= 11 is 0. The van der Waals surface area contributed by atoms with E-state index < -0.39 is 0 Å². The van der Waals surface area contributed by atoms with Crippen molar-refractivity contribution >= 4 is 0 Å². The van der Waals surface area contributed by atoms with Crippen LogP contribution in [0, 0.1) is 5.92 Å². The molecule has 0 saturated carbocycles. The van der Waals surface area contributed by atoms with Gasteiger partial charge in [0.1, 0.15) is 5.75 Å². The van der Waals surface area contributed by atoms with Crippen molar-refractivity contribution in [2.24, 2.45) is 5.92 Å². The Morgan fingerprint density at radius 2 is 2.26 bits per heavy atom. The van der Waals surface area contributed by atoms with E-state index in [2.05, 4.69) is 24.4 Å². The van der Waals surface area contributed by atoms with Gasteiger partial charge in [-0.3, -0.25) is 0 Å². The molecule has 1 aromatic carbocycles. The van der Waals surface area contributed by atoms with Crippen molar-refractivity contribution < 1.29 is 9.47 Å². The average molecular weight is 263 g/mol. The number of ether oxygens (including phenoxy) is 2. The van der Waals surface area contributed by atoms with Gasteiger partial charge in [-0.05, 0) is 50.3 Å². The van der Waals surface area contributed by atoms with Crippen LogP contribution in [0.3, 0.4) is 0 Å². The van der Waals surface area contributed by atoms with E-state index >= 15 is 0 Å².